The summed E-state index contributed by atoms with van der Waals surface area (Å²) in [6, 6.07) is 13.1. The Hall–Kier alpha value is -4.78. The molecule has 0 fully saturated rings. The summed E-state index contributed by atoms with van der Waals surface area (Å²) in [5.41, 5.74) is 1.87. The molecule has 0 aliphatic heterocycles. The average Bonchev–Trinajstić information content (AvgIpc) is 2.91. The Balaban J connectivity index is 1.48. The predicted molar refractivity (Wildman–Crippen MR) is 148 cm³/mol. The van der Waals surface area contributed by atoms with E-state index in [4.69, 9.17) is 16.3 Å². The Kier molecular flexibility index (Phi) is 9.07. The van der Waals surface area contributed by atoms with Crippen LogP contribution in [0, 0.1) is 29.0 Å². The molecule has 4 rings (SSSR count). The zero-order valence-electron chi connectivity index (χ0n) is 21.0. The third-order valence-corrected chi connectivity index (χ3v) is 6.41. The fraction of sp³-hybridized carbons (Fsp3) is 0.148. The lowest BCUT2D eigenvalue weighted by Gasteiger charge is -2.11. The summed E-state index contributed by atoms with van der Waals surface area (Å²) in [6.07, 6.45) is 5.29. The number of hydrogen-bond acceptors (Lipinski definition) is 10. The van der Waals surface area contributed by atoms with E-state index < -0.39 is 9.84 Å². The standard InChI is InChI=1S/C27H21ClFN7O3S/c1-40(37,38)10-9-32-27-20(13-30)15-33-25(36-27)8-5-19-14-31-17-34-26(19)35-22-6-7-24(23(28)12-22)39-16-18-3-2-4-21(29)11-18/h2-4,6-7,11-12,14-15,17H,9-10,16H2,1H3,(H,31,34,35)(H,32,33,36). The van der Waals surface area contributed by atoms with Gasteiger partial charge in [0.05, 0.1) is 22.5 Å². The Morgan fingerprint density at radius 1 is 1.07 bits per heavy atom. The minimum Gasteiger partial charge on any atom is -0.487 e. The van der Waals surface area contributed by atoms with E-state index in [0.29, 0.717) is 33.4 Å². The van der Waals surface area contributed by atoms with Crippen molar-refractivity contribution in [3.8, 4) is 23.7 Å². The number of sulfone groups is 1. The van der Waals surface area contributed by atoms with Crippen LogP contribution < -0.4 is 15.4 Å². The quantitative estimate of drug-likeness (QED) is 0.279. The maximum atomic E-state index is 13.4. The van der Waals surface area contributed by atoms with Gasteiger partial charge in [-0.3, -0.25) is 0 Å². The summed E-state index contributed by atoms with van der Waals surface area (Å²) in [6.45, 7) is 0.234. The van der Waals surface area contributed by atoms with Crippen LogP contribution in [0.5, 0.6) is 5.75 Å². The normalized spacial score (nSPS) is 10.7. The number of rotatable bonds is 9. The molecule has 13 heteroatoms. The van der Waals surface area contributed by atoms with Crippen LogP contribution in [0.3, 0.4) is 0 Å². The molecule has 0 saturated carbocycles. The predicted octanol–water partition coefficient (Wildman–Crippen LogP) is 4.11. The summed E-state index contributed by atoms with van der Waals surface area (Å²) >= 11 is 6.40. The van der Waals surface area contributed by atoms with Crippen LogP contribution in [-0.4, -0.2) is 46.9 Å². The number of hydrogen-bond donors (Lipinski definition) is 2. The monoisotopic (exact) mass is 577 g/mol. The van der Waals surface area contributed by atoms with Gasteiger partial charge in [-0.25, -0.2) is 32.7 Å². The van der Waals surface area contributed by atoms with Crippen molar-refractivity contribution in [3.05, 3.63) is 94.5 Å². The summed E-state index contributed by atoms with van der Waals surface area (Å²) in [5, 5.41) is 15.6. The Morgan fingerprint density at radius 3 is 2.67 bits per heavy atom. The number of ether oxygens (including phenoxy) is 1. The lowest BCUT2D eigenvalue weighted by atomic mass is 10.2. The topological polar surface area (TPSA) is 143 Å². The van der Waals surface area contributed by atoms with E-state index in [1.165, 1.54) is 30.9 Å². The minimum absolute atomic E-state index is 0.0786. The second kappa shape index (κ2) is 12.8. The third-order valence-electron chi connectivity index (χ3n) is 5.17. The van der Waals surface area contributed by atoms with Gasteiger partial charge in [-0.1, -0.05) is 29.7 Å². The van der Waals surface area contributed by atoms with Gasteiger partial charge >= 0.3 is 0 Å². The Morgan fingerprint density at radius 2 is 1.93 bits per heavy atom. The highest BCUT2D eigenvalue weighted by Gasteiger charge is 2.10. The summed E-state index contributed by atoms with van der Waals surface area (Å²) in [7, 11) is -3.19. The number of nitrogens with zero attached hydrogens (tertiary/aromatic N) is 5. The molecular weight excluding hydrogens is 557 g/mol. The fourth-order valence-electron chi connectivity index (χ4n) is 3.28. The number of anilines is 3. The first-order valence-electron chi connectivity index (χ1n) is 11.6. The highest BCUT2D eigenvalue weighted by molar-refractivity contribution is 7.90. The first-order chi connectivity index (χ1) is 19.2. The van der Waals surface area contributed by atoms with Gasteiger partial charge in [-0.15, -0.1) is 0 Å². The molecule has 0 aliphatic rings. The van der Waals surface area contributed by atoms with Crippen LogP contribution in [0.15, 0.2) is 61.2 Å². The van der Waals surface area contributed by atoms with Crippen LogP contribution in [0.1, 0.15) is 22.5 Å². The molecule has 0 amide bonds. The van der Waals surface area contributed by atoms with Gasteiger partial charge in [-0.05, 0) is 41.8 Å². The average molecular weight is 578 g/mol. The first kappa shape index (κ1) is 28.2. The van der Waals surface area contributed by atoms with Crippen molar-refractivity contribution in [2.24, 2.45) is 0 Å². The molecule has 0 bridgehead atoms. The second-order valence-electron chi connectivity index (χ2n) is 8.35. The van der Waals surface area contributed by atoms with E-state index in [1.54, 1.807) is 30.3 Å². The SMILES string of the molecule is CS(=O)(=O)CCNc1nc(C#Cc2cncnc2Nc2ccc(OCc3cccc(F)c3)c(Cl)c2)ncc1C#N. The Labute approximate surface area is 235 Å². The second-order valence-corrected chi connectivity index (χ2v) is 11.0. The molecule has 0 spiro atoms. The lowest BCUT2D eigenvalue weighted by molar-refractivity contribution is 0.306. The molecule has 0 unspecified atom stereocenters. The molecular formula is C27H21ClFN7O3S. The van der Waals surface area contributed by atoms with Gasteiger partial charge in [-0.2, -0.15) is 5.26 Å². The molecule has 0 radical (unpaired) electrons. The maximum absolute atomic E-state index is 13.4. The summed E-state index contributed by atoms with van der Waals surface area (Å²) in [4.78, 5) is 16.6. The van der Waals surface area contributed by atoms with E-state index in [9.17, 15) is 18.1 Å². The van der Waals surface area contributed by atoms with Crippen molar-refractivity contribution in [1.82, 2.24) is 19.9 Å². The van der Waals surface area contributed by atoms with Crippen molar-refractivity contribution in [1.29, 1.82) is 5.26 Å². The van der Waals surface area contributed by atoms with Crippen molar-refractivity contribution in [2.45, 2.75) is 6.61 Å². The highest BCUT2D eigenvalue weighted by atomic mass is 35.5. The lowest BCUT2D eigenvalue weighted by Crippen LogP contribution is -2.16. The van der Waals surface area contributed by atoms with Crippen molar-refractivity contribution in [3.63, 3.8) is 0 Å². The molecule has 0 saturated heterocycles. The zero-order valence-corrected chi connectivity index (χ0v) is 22.6. The first-order valence-corrected chi connectivity index (χ1v) is 14.1. The van der Waals surface area contributed by atoms with Crippen molar-refractivity contribution in [2.75, 3.05) is 29.2 Å². The summed E-state index contributed by atoms with van der Waals surface area (Å²) in [5.74, 6) is 6.37. The number of aromatic nitrogens is 4. The maximum Gasteiger partial charge on any atom is 0.207 e. The zero-order chi connectivity index (χ0) is 28.5. The number of halogens is 2. The largest absolute Gasteiger partial charge is 0.487 e. The van der Waals surface area contributed by atoms with E-state index in [-0.39, 0.29) is 41.9 Å². The van der Waals surface area contributed by atoms with Gasteiger partial charge in [0.1, 0.15) is 57.6 Å². The molecule has 2 aromatic carbocycles. The van der Waals surface area contributed by atoms with Gasteiger partial charge in [0, 0.05) is 24.7 Å². The molecule has 10 nitrogen and oxygen atoms in total. The molecule has 2 N–H and O–H groups in total. The highest BCUT2D eigenvalue weighted by Crippen LogP contribution is 2.30. The third kappa shape index (κ3) is 8.11. The molecule has 0 aliphatic carbocycles. The van der Waals surface area contributed by atoms with Gasteiger partial charge in [0.15, 0.2) is 0 Å². The van der Waals surface area contributed by atoms with Gasteiger partial charge in [0.25, 0.3) is 0 Å². The van der Waals surface area contributed by atoms with Crippen LogP contribution in [-0.2, 0) is 16.4 Å². The van der Waals surface area contributed by atoms with Crippen LogP contribution in [0.25, 0.3) is 0 Å². The molecule has 4 aromatic rings. The number of nitrogens with one attached hydrogen (secondary N) is 2. The van der Waals surface area contributed by atoms with Crippen molar-refractivity contribution < 1.29 is 17.5 Å². The van der Waals surface area contributed by atoms with Crippen LogP contribution in [0.4, 0.5) is 21.7 Å². The number of benzene rings is 2. The van der Waals surface area contributed by atoms with Crippen LogP contribution >= 0.6 is 11.6 Å². The van der Waals surface area contributed by atoms with E-state index in [1.807, 2.05) is 6.07 Å². The number of nitriles is 1. The fourth-order valence-corrected chi connectivity index (χ4v) is 3.99. The van der Waals surface area contributed by atoms with Gasteiger partial charge < -0.3 is 15.4 Å². The van der Waals surface area contributed by atoms with E-state index in [0.717, 1.165) is 6.26 Å². The van der Waals surface area contributed by atoms with E-state index >= 15 is 0 Å². The molecule has 40 heavy (non-hydrogen) atoms. The van der Waals surface area contributed by atoms with E-state index in [2.05, 4.69) is 42.4 Å². The molecule has 0 atom stereocenters. The minimum atomic E-state index is -3.19. The van der Waals surface area contributed by atoms with Crippen LogP contribution in [0.2, 0.25) is 5.02 Å². The molecule has 2 heterocycles. The van der Waals surface area contributed by atoms with Crippen molar-refractivity contribution >= 4 is 38.8 Å². The molecule has 202 valence electrons. The summed E-state index contributed by atoms with van der Waals surface area (Å²) < 4.78 is 41.9. The smallest absolute Gasteiger partial charge is 0.207 e. The Bertz CT molecular complexity index is 1750. The molecule has 2 aromatic heterocycles. The van der Waals surface area contributed by atoms with Gasteiger partial charge in [0.2, 0.25) is 5.82 Å².